The molecule has 0 aliphatic carbocycles. The van der Waals surface area contributed by atoms with Gasteiger partial charge in [0.1, 0.15) is 0 Å². The Hall–Kier alpha value is -1.46. The molecule has 2 unspecified atom stereocenters. The zero-order chi connectivity index (χ0) is 18.2. The van der Waals surface area contributed by atoms with Gasteiger partial charge in [0, 0.05) is 38.4 Å². The molecule has 0 saturated carbocycles. The first-order valence-corrected chi connectivity index (χ1v) is 9.19. The number of hydrogen-bond donors (Lipinski definition) is 2. The topological polar surface area (TPSA) is 98.0 Å². The van der Waals surface area contributed by atoms with Gasteiger partial charge in [-0.2, -0.15) is 0 Å². The molecule has 2 aliphatic heterocycles. The maximum atomic E-state index is 10.7. The lowest BCUT2D eigenvalue weighted by molar-refractivity contribution is -0.384. The van der Waals surface area contributed by atoms with Crippen LogP contribution in [0.15, 0.2) is 29.3 Å². The summed E-state index contributed by atoms with van der Waals surface area (Å²) < 4.78 is 11.3. The first-order valence-electron chi connectivity index (χ1n) is 9.19. The van der Waals surface area contributed by atoms with Crippen LogP contribution in [0, 0.1) is 10.1 Å². The molecular weight excluding hydrogens is 463 g/mol. The van der Waals surface area contributed by atoms with E-state index in [2.05, 4.69) is 15.6 Å². The molecular formula is C18H27IN4O4. The number of nitrogens with one attached hydrogen (secondary N) is 2. The third kappa shape index (κ3) is 7.23. The fourth-order valence-corrected chi connectivity index (χ4v) is 3.10. The zero-order valence-corrected chi connectivity index (χ0v) is 17.6. The molecule has 0 aromatic heterocycles. The maximum Gasteiger partial charge on any atom is 0.269 e. The number of halogens is 1. The van der Waals surface area contributed by atoms with Gasteiger partial charge >= 0.3 is 0 Å². The summed E-state index contributed by atoms with van der Waals surface area (Å²) in [4.78, 5) is 14.9. The summed E-state index contributed by atoms with van der Waals surface area (Å²) in [5, 5.41) is 17.4. The van der Waals surface area contributed by atoms with Gasteiger partial charge in [-0.1, -0.05) is 12.1 Å². The first-order chi connectivity index (χ1) is 12.7. The molecule has 27 heavy (non-hydrogen) atoms. The Balaban J connectivity index is 0.00000261. The Labute approximate surface area is 176 Å². The summed E-state index contributed by atoms with van der Waals surface area (Å²) in [6, 6.07) is 6.48. The van der Waals surface area contributed by atoms with E-state index >= 15 is 0 Å². The highest BCUT2D eigenvalue weighted by Crippen LogP contribution is 2.13. The quantitative estimate of drug-likeness (QED) is 0.201. The second kappa shape index (κ2) is 11.4. The van der Waals surface area contributed by atoms with Crippen molar-refractivity contribution in [2.45, 2.75) is 44.4 Å². The molecule has 0 bridgehead atoms. The predicted molar refractivity (Wildman–Crippen MR) is 114 cm³/mol. The van der Waals surface area contributed by atoms with Crippen LogP contribution in [0.1, 0.15) is 31.2 Å². The summed E-state index contributed by atoms with van der Waals surface area (Å²) in [5.41, 5.74) is 1.01. The van der Waals surface area contributed by atoms with Crippen LogP contribution in [-0.2, 0) is 16.0 Å². The van der Waals surface area contributed by atoms with Gasteiger partial charge in [-0.25, -0.2) is 4.99 Å². The van der Waals surface area contributed by atoms with Gasteiger partial charge in [-0.15, -0.1) is 24.0 Å². The van der Waals surface area contributed by atoms with Crippen molar-refractivity contribution in [3.63, 3.8) is 0 Å². The van der Waals surface area contributed by atoms with Gasteiger partial charge in [-0.3, -0.25) is 10.1 Å². The third-order valence-corrected chi connectivity index (χ3v) is 4.61. The van der Waals surface area contributed by atoms with Crippen molar-refractivity contribution in [3.05, 3.63) is 39.9 Å². The lowest BCUT2D eigenvalue weighted by Crippen LogP contribution is -2.43. The molecule has 3 rings (SSSR count). The standard InChI is InChI=1S/C18H26N4O4.HI/c23-22(24)15-7-5-14(6-8-15)11-19-18(20-12-16-3-1-9-25-16)21-13-17-4-2-10-26-17;/h5-8,16-17H,1-4,9-13H2,(H2,19,20,21);1H. The first kappa shape index (κ1) is 21.8. The predicted octanol–water partition coefficient (Wildman–Crippen LogP) is 2.61. The number of hydrogen-bond acceptors (Lipinski definition) is 5. The fraction of sp³-hybridized carbons (Fsp3) is 0.611. The summed E-state index contributed by atoms with van der Waals surface area (Å²) in [6.45, 7) is 3.54. The van der Waals surface area contributed by atoms with E-state index in [1.54, 1.807) is 12.1 Å². The Morgan fingerprint density at radius 2 is 1.63 bits per heavy atom. The highest BCUT2D eigenvalue weighted by molar-refractivity contribution is 14.0. The fourth-order valence-electron chi connectivity index (χ4n) is 3.10. The van der Waals surface area contributed by atoms with Crippen LogP contribution in [0.5, 0.6) is 0 Å². The number of nitrogens with zero attached hydrogens (tertiary/aromatic N) is 2. The van der Waals surface area contributed by atoms with Crippen molar-refractivity contribution in [1.29, 1.82) is 0 Å². The second-order valence-corrected chi connectivity index (χ2v) is 6.62. The summed E-state index contributed by atoms with van der Waals surface area (Å²) in [7, 11) is 0. The molecule has 2 N–H and O–H groups in total. The minimum atomic E-state index is -0.398. The van der Waals surface area contributed by atoms with E-state index in [1.165, 1.54) is 12.1 Å². The monoisotopic (exact) mass is 490 g/mol. The average Bonchev–Trinajstić information content (AvgIpc) is 3.35. The largest absolute Gasteiger partial charge is 0.376 e. The number of nitro benzene ring substituents is 1. The van der Waals surface area contributed by atoms with Crippen molar-refractivity contribution in [3.8, 4) is 0 Å². The Morgan fingerprint density at radius 3 is 2.07 bits per heavy atom. The third-order valence-electron chi connectivity index (χ3n) is 4.61. The van der Waals surface area contributed by atoms with E-state index in [1.807, 2.05) is 0 Å². The number of rotatable bonds is 7. The molecule has 0 radical (unpaired) electrons. The highest BCUT2D eigenvalue weighted by Gasteiger charge is 2.18. The summed E-state index contributed by atoms with van der Waals surface area (Å²) in [6.07, 6.45) is 4.78. The molecule has 150 valence electrons. The molecule has 2 aliphatic rings. The van der Waals surface area contributed by atoms with Crippen LogP contribution in [0.4, 0.5) is 5.69 Å². The van der Waals surface area contributed by atoms with Gasteiger partial charge < -0.3 is 20.1 Å². The molecule has 2 atom stereocenters. The lowest BCUT2D eigenvalue weighted by atomic mass is 10.2. The summed E-state index contributed by atoms with van der Waals surface area (Å²) in [5.74, 6) is 0.717. The number of guanidine groups is 1. The Morgan fingerprint density at radius 1 is 1.07 bits per heavy atom. The maximum absolute atomic E-state index is 10.7. The number of benzene rings is 1. The minimum Gasteiger partial charge on any atom is -0.376 e. The van der Waals surface area contributed by atoms with Crippen LogP contribution in [-0.4, -0.2) is 49.4 Å². The normalized spacial score (nSPS) is 21.3. The van der Waals surface area contributed by atoms with Crippen molar-refractivity contribution in [2.75, 3.05) is 26.3 Å². The number of aliphatic imine (C=N–C) groups is 1. The molecule has 2 heterocycles. The molecule has 1 aromatic carbocycles. The van der Waals surface area contributed by atoms with E-state index in [0.717, 1.165) is 57.6 Å². The van der Waals surface area contributed by atoms with Gasteiger partial charge in [0.2, 0.25) is 0 Å². The van der Waals surface area contributed by atoms with E-state index in [4.69, 9.17) is 9.47 Å². The minimum absolute atomic E-state index is 0. The number of nitro groups is 1. The SMILES string of the molecule is I.O=[N+]([O-])c1ccc(CN=C(NCC2CCCO2)NCC2CCCO2)cc1. The van der Waals surface area contributed by atoms with Gasteiger partial charge in [0.15, 0.2) is 5.96 Å². The Kier molecular flexibility index (Phi) is 9.22. The number of non-ortho nitro benzene ring substituents is 1. The van der Waals surface area contributed by atoms with Crippen LogP contribution in [0.3, 0.4) is 0 Å². The van der Waals surface area contributed by atoms with Gasteiger partial charge in [-0.05, 0) is 31.2 Å². The van der Waals surface area contributed by atoms with Crippen LogP contribution < -0.4 is 10.6 Å². The van der Waals surface area contributed by atoms with Gasteiger partial charge in [0.05, 0.1) is 23.7 Å². The lowest BCUT2D eigenvalue weighted by Gasteiger charge is -2.17. The molecule has 0 spiro atoms. The van der Waals surface area contributed by atoms with E-state index in [-0.39, 0.29) is 41.9 Å². The van der Waals surface area contributed by atoms with E-state index < -0.39 is 4.92 Å². The van der Waals surface area contributed by atoms with E-state index in [9.17, 15) is 10.1 Å². The number of ether oxygens (including phenoxy) is 2. The van der Waals surface area contributed by atoms with Crippen molar-refractivity contribution in [2.24, 2.45) is 4.99 Å². The summed E-state index contributed by atoms with van der Waals surface area (Å²) >= 11 is 0. The van der Waals surface area contributed by atoms with Crippen molar-refractivity contribution in [1.82, 2.24) is 10.6 Å². The molecule has 2 fully saturated rings. The van der Waals surface area contributed by atoms with E-state index in [0.29, 0.717) is 12.5 Å². The average molecular weight is 490 g/mol. The second-order valence-electron chi connectivity index (χ2n) is 6.62. The van der Waals surface area contributed by atoms with Crippen molar-refractivity contribution < 1.29 is 14.4 Å². The van der Waals surface area contributed by atoms with Crippen LogP contribution in [0.2, 0.25) is 0 Å². The van der Waals surface area contributed by atoms with Crippen molar-refractivity contribution >= 4 is 35.6 Å². The van der Waals surface area contributed by atoms with Gasteiger partial charge in [0.25, 0.3) is 5.69 Å². The molecule has 2 saturated heterocycles. The molecule has 0 amide bonds. The Bertz CT molecular complexity index is 592. The molecule has 1 aromatic rings. The molecule has 9 heteroatoms. The van der Waals surface area contributed by atoms with Crippen LogP contribution >= 0.6 is 24.0 Å². The highest BCUT2D eigenvalue weighted by atomic mass is 127. The molecule has 8 nitrogen and oxygen atoms in total. The van der Waals surface area contributed by atoms with Crippen LogP contribution in [0.25, 0.3) is 0 Å². The smallest absolute Gasteiger partial charge is 0.269 e. The zero-order valence-electron chi connectivity index (χ0n) is 15.3.